The standard InChI is InChI=1S/C27H32O7/c28-20(18-32-21-11-5-3-6-12-21)19-33-27-23(24(29)17-25(27)30)15-9-1-2-10-16-26(31)34-22-13-7-4-8-14-22/h1,3-9,11-14,20,23,25,27-28,30H,2,10,15-19H2. The monoisotopic (exact) mass is 468 g/mol. The van der Waals surface area contributed by atoms with Crippen molar-refractivity contribution < 1.29 is 34.0 Å². The summed E-state index contributed by atoms with van der Waals surface area (Å²) in [7, 11) is 0. The fourth-order valence-corrected chi connectivity index (χ4v) is 3.79. The number of ether oxygens (including phenoxy) is 3. The number of ketones is 1. The quantitative estimate of drug-likeness (QED) is 0.201. The minimum Gasteiger partial charge on any atom is -0.491 e. The van der Waals surface area contributed by atoms with Crippen LogP contribution in [0.3, 0.4) is 0 Å². The number of carbonyl (C=O) groups is 2. The SMILES string of the molecule is O=C(CCCC=CCC1C(=O)CC(O)C1OCC(O)COc1ccccc1)Oc1ccccc1. The number of hydrogen-bond donors (Lipinski definition) is 2. The zero-order chi connectivity index (χ0) is 24.2. The third kappa shape index (κ3) is 8.41. The van der Waals surface area contributed by atoms with Gasteiger partial charge in [-0.25, -0.2) is 0 Å². The van der Waals surface area contributed by atoms with Crippen LogP contribution in [-0.2, 0) is 14.3 Å². The molecule has 7 heteroatoms. The Kier molecular flexibility index (Phi) is 10.3. The highest BCUT2D eigenvalue weighted by atomic mass is 16.5. The van der Waals surface area contributed by atoms with Crippen molar-refractivity contribution in [2.24, 2.45) is 5.92 Å². The Labute approximate surface area is 200 Å². The fourth-order valence-electron chi connectivity index (χ4n) is 3.79. The molecule has 1 aliphatic carbocycles. The van der Waals surface area contributed by atoms with Crippen LogP contribution in [0.1, 0.15) is 32.1 Å². The molecule has 0 radical (unpaired) electrons. The number of rotatable bonds is 13. The summed E-state index contributed by atoms with van der Waals surface area (Å²) < 4.78 is 16.5. The Morgan fingerprint density at radius 2 is 1.68 bits per heavy atom. The van der Waals surface area contributed by atoms with Gasteiger partial charge in [-0.3, -0.25) is 9.59 Å². The molecule has 3 rings (SSSR count). The number of para-hydroxylation sites is 2. The van der Waals surface area contributed by atoms with Crippen LogP contribution in [0.25, 0.3) is 0 Å². The number of aliphatic hydroxyl groups is 2. The Morgan fingerprint density at radius 3 is 2.38 bits per heavy atom. The van der Waals surface area contributed by atoms with Crippen LogP contribution in [0.2, 0.25) is 0 Å². The van der Waals surface area contributed by atoms with Gasteiger partial charge in [-0.2, -0.15) is 0 Å². The molecule has 2 aromatic rings. The molecule has 0 spiro atoms. The Bertz CT molecular complexity index is 913. The zero-order valence-electron chi connectivity index (χ0n) is 19.1. The van der Waals surface area contributed by atoms with Gasteiger partial charge in [-0.15, -0.1) is 0 Å². The summed E-state index contributed by atoms with van der Waals surface area (Å²) in [4.78, 5) is 24.2. The molecule has 4 atom stereocenters. The molecule has 1 fully saturated rings. The van der Waals surface area contributed by atoms with Gasteiger partial charge in [-0.05, 0) is 43.5 Å². The average molecular weight is 469 g/mol. The maximum absolute atomic E-state index is 12.3. The van der Waals surface area contributed by atoms with Crippen LogP contribution in [0.15, 0.2) is 72.8 Å². The summed E-state index contributed by atoms with van der Waals surface area (Å²) in [5, 5.41) is 20.4. The van der Waals surface area contributed by atoms with Gasteiger partial charge in [0.05, 0.1) is 18.8 Å². The number of allylic oxidation sites excluding steroid dienone is 2. The van der Waals surface area contributed by atoms with Crippen LogP contribution >= 0.6 is 0 Å². The van der Waals surface area contributed by atoms with Gasteiger partial charge in [-0.1, -0.05) is 48.6 Å². The molecule has 0 heterocycles. The van der Waals surface area contributed by atoms with Gasteiger partial charge in [0.1, 0.15) is 30.0 Å². The molecule has 2 N–H and O–H groups in total. The van der Waals surface area contributed by atoms with E-state index in [2.05, 4.69) is 0 Å². The predicted molar refractivity (Wildman–Crippen MR) is 126 cm³/mol. The number of Topliss-reactive ketones (excluding diaryl/α,β-unsaturated/α-hetero) is 1. The molecule has 0 bridgehead atoms. The predicted octanol–water partition coefficient (Wildman–Crippen LogP) is 3.48. The molecule has 0 saturated heterocycles. The molecule has 4 unspecified atom stereocenters. The highest BCUT2D eigenvalue weighted by Gasteiger charge is 2.41. The lowest BCUT2D eigenvalue weighted by atomic mass is 9.99. The van der Waals surface area contributed by atoms with Gasteiger partial charge in [0.15, 0.2) is 0 Å². The van der Waals surface area contributed by atoms with E-state index in [4.69, 9.17) is 14.2 Å². The molecular weight excluding hydrogens is 436 g/mol. The molecular formula is C27H32O7. The summed E-state index contributed by atoms with van der Waals surface area (Å²) in [6.45, 7) is 0.0175. The van der Waals surface area contributed by atoms with Gasteiger partial charge >= 0.3 is 5.97 Å². The molecule has 34 heavy (non-hydrogen) atoms. The third-order valence-corrected chi connectivity index (χ3v) is 5.55. The van der Waals surface area contributed by atoms with Crippen LogP contribution in [0, 0.1) is 5.92 Å². The maximum atomic E-state index is 12.3. The summed E-state index contributed by atoms with van der Waals surface area (Å²) in [6, 6.07) is 18.1. The summed E-state index contributed by atoms with van der Waals surface area (Å²) in [5.74, 6) is 0.384. The minimum absolute atomic E-state index is 0.0361. The van der Waals surface area contributed by atoms with Gasteiger partial charge in [0.2, 0.25) is 0 Å². The van der Waals surface area contributed by atoms with E-state index in [1.807, 2.05) is 48.6 Å². The van der Waals surface area contributed by atoms with E-state index in [9.17, 15) is 19.8 Å². The van der Waals surface area contributed by atoms with E-state index in [1.54, 1.807) is 24.3 Å². The lowest BCUT2D eigenvalue weighted by Crippen LogP contribution is -2.34. The lowest BCUT2D eigenvalue weighted by Gasteiger charge is -2.22. The number of benzene rings is 2. The maximum Gasteiger partial charge on any atom is 0.311 e. The van der Waals surface area contributed by atoms with E-state index in [0.29, 0.717) is 37.2 Å². The molecule has 2 aromatic carbocycles. The largest absolute Gasteiger partial charge is 0.491 e. The molecule has 1 aliphatic rings. The normalized spacial score (nSPS) is 21.0. The Balaban J connectivity index is 1.35. The number of hydrogen-bond acceptors (Lipinski definition) is 7. The van der Waals surface area contributed by atoms with Crippen molar-refractivity contribution in [2.75, 3.05) is 13.2 Å². The van der Waals surface area contributed by atoms with Crippen molar-refractivity contribution in [3.63, 3.8) is 0 Å². The number of carbonyl (C=O) groups excluding carboxylic acids is 2. The fraction of sp³-hybridized carbons (Fsp3) is 0.407. The van der Waals surface area contributed by atoms with Gasteiger partial charge in [0, 0.05) is 18.8 Å². The van der Waals surface area contributed by atoms with Crippen LogP contribution < -0.4 is 9.47 Å². The van der Waals surface area contributed by atoms with Gasteiger partial charge < -0.3 is 24.4 Å². The first kappa shape index (κ1) is 25.6. The minimum atomic E-state index is -0.888. The number of aliphatic hydroxyl groups excluding tert-OH is 2. The van der Waals surface area contributed by atoms with E-state index >= 15 is 0 Å². The van der Waals surface area contributed by atoms with Crippen molar-refractivity contribution in [1.82, 2.24) is 0 Å². The van der Waals surface area contributed by atoms with Crippen molar-refractivity contribution in [2.45, 2.75) is 50.4 Å². The first-order chi connectivity index (χ1) is 16.5. The second-order valence-corrected chi connectivity index (χ2v) is 8.31. The third-order valence-electron chi connectivity index (χ3n) is 5.55. The lowest BCUT2D eigenvalue weighted by molar-refractivity contribution is -0.134. The molecule has 7 nitrogen and oxygen atoms in total. The Morgan fingerprint density at radius 1 is 1.00 bits per heavy atom. The molecule has 1 saturated carbocycles. The van der Waals surface area contributed by atoms with E-state index < -0.39 is 24.2 Å². The van der Waals surface area contributed by atoms with Crippen molar-refractivity contribution >= 4 is 11.8 Å². The van der Waals surface area contributed by atoms with Crippen LogP contribution in [0.5, 0.6) is 11.5 Å². The first-order valence-electron chi connectivity index (χ1n) is 11.6. The zero-order valence-corrected chi connectivity index (χ0v) is 19.1. The first-order valence-corrected chi connectivity index (χ1v) is 11.6. The Hall–Kier alpha value is -3.00. The van der Waals surface area contributed by atoms with E-state index in [1.165, 1.54) is 0 Å². The van der Waals surface area contributed by atoms with E-state index in [-0.39, 0.29) is 31.4 Å². The van der Waals surface area contributed by atoms with Crippen molar-refractivity contribution in [3.8, 4) is 11.5 Å². The van der Waals surface area contributed by atoms with Crippen LogP contribution in [-0.4, -0.2) is 53.5 Å². The van der Waals surface area contributed by atoms with Crippen LogP contribution in [0.4, 0.5) is 0 Å². The molecule has 0 aliphatic heterocycles. The van der Waals surface area contributed by atoms with Crippen molar-refractivity contribution in [3.05, 3.63) is 72.8 Å². The smallest absolute Gasteiger partial charge is 0.311 e. The van der Waals surface area contributed by atoms with Crippen molar-refractivity contribution in [1.29, 1.82) is 0 Å². The second kappa shape index (κ2) is 13.6. The number of unbranched alkanes of at least 4 members (excludes halogenated alkanes) is 1. The second-order valence-electron chi connectivity index (χ2n) is 8.31. The summed E-state index contributed by atoms with van der Waals surface area (Å²) in [5.41, 5.74) is 0. The topological polar surface area (TPSA) is 102 Å². The summed E-state index contributed by atoms with van der Waals surface area (Å²) >= 11 is 0. The van der Waals surface area contributed by atoms with E-state index in [0.717, 1.165) is 0 Å². The molecule has 0 amide bonds. The highest BCUT2D eigenvalue weighted by Crippen LogP contribution is 2.29. The molecule has 182 valence electrons. The summed E-state index contributed by atoms with van der Waals surface area (Å²) in [6.07, 6.45) is 3.47. The highest BCUT2D eigenvalue weighted by molar-refractivity contribution is 5.85. The molecule has 0 aromatic heterocycles. The van der Waals surface area contributed by atoms with Gasteiger partial charge in [0.25, 0.3) is 0 Å². The average Bonchev–Trinajstić information content (AvgIpc) is 3.11. The number of esters is 1.